The molecule has 0 unspecified atom stereocenters. The number of carbonyl (C=O) groups is 1. The van der Waals surface area contributed by atoms with Crippen molar-refractivity contribution in [1.82, 2.24) is 0 Å². The van der Waals surface area contributed by atoms with E-state index in [9.17, 15) is 18.0 Å². The molecule has 0 radical (unpaired) electrons. The third kappa shape index (κ3) is 4.60. The normalized spacial score (nSPS) is 11.5. The van der Waals surface area contributed by atoms with Gasteiger partial charge >= 0.3 is 6.18 Å². The van der Waals surface area contributed by atoms with Crippen molar-refractivity contribution in [1.29, 1.82) is 0 Å². The first kappa shape index (κ1) is 16.6. The number of hydrogen-bond donors (Lipinski definition) is 1. The van der Waals surface area contributed by atoms with Crippen molar-refractivity contribution >= 4 is 17.7 Å². The molecule has 0 saturated heterocycles. The summed E-state index contributed by atoms with van der Waals surface area (Å²) in [6, 6.07) is 11.4. The number of amides is 1. The number of para-hydroxylation sites is 2. The van der Waals surface area contributed by atoms with Crippen LogP contribution in [-0.4, -0.2) is 13.0 Å². The number of anilines is 1. The summed E-state index contributed by atoms with van der Waals surface area (Å²) < 4.78 is 42.5. The Balaban J connectivity index is 2.04. The highest BCUT2D eigenvalue weighted by Crippen LogP contribution is 2.29. The number of benzene rings is 2. The second-order valence-electron chi connectivity index (χ2n) is 4.64. The first-order valence-corrected chi connectivity index (χ1v) is 6.69. The van der Waals surface area contributed by atoms with Gasteiger partial charge in [-0.3, -0.25) is 4.79 Å². The number of nitrogens with one attached hydrogen (secondary N) is 1. The molecule has 0 aromatic heterocycles. The van der Waals surface area contributed by atoms with E-state index in [-0.39, 0.29) is 0 Å². The van der Waals surface area contributed by atoms with Crippen LogP contribution >= 0.6 is 0 Å². The Labute approximate surface area is 131 Å². The van der Waals surface area contributed by atoms with E-state index in [0.29, 0.717) is 17.0 Å². The van der Waals surface area contributed by atoms with Crippen molar-refractivity contribution in [2.24, 2.45) is 0 Å². The van der Waals surface area contributed by atoms with Crippen LogP contribution in [0.15, 0.2) is 54.6 Å². The predicted molar refractivity (Wildman–Crippen MR) is 82.1 cm³/mol. The number of rotatable bonds is 4. The number of ether oxygens (including phenoxy) is 1. The lowest BCUT2D eigenvalue weighted by molar-refractivity contribution is -0.137. The van der Waals surface area contributed by atoms with Crippen LogP contribution in [0.2, 0.25) is 0 Å². The van der Waals surface area contributed by atoms with Gasteiger partial charge in [0.25, 0.3) is 0 Å². The van der Waals surface area contributed by atoms with Gasteiger partial charge in [-0.1, -0.05) is 24.3 Å². The van der Waals surface area contributed by atoms with Crippen molar-refractivity contribution in [3.05, 3.63) is 65.7 Å². The van der Waals surface area contributed by atoms with Crippen molar-refractivity contribution in [3.8, 4) is 5.75 Å². The first-order chi connectivity index (χ1) is 10.9. The number of halogens is 3. The molecule has 120 valence electrons. The maximum Gasteiger partial charge on any atom is 0.416 e. The van der Waals surface area contributed by atoms with Crippen LogP contribution < -0.4 is 10.1 Å². The van der Waals surface area contributed by atoms with Crippen LogP contribution in [0.5, 0.6) is 5.75 Å². The molecule has 0 bridgehead atoms. The van der Waals surface area contributed by atoms with Gasteiger partial charge in [0.1, 0.15) is 5.75 Å². The number of hydrogen-bond acceptors (Lipinski definition) is 2. The van der Waals surface area contributed by atoms with Crippen molar-refractivity contribution in [2.45, 2.75) is 6.18 Å². The standard InChI is InChI=1S/C17H14F3NO2/c1-23-15-5-3-2-4-14(15)21-16(22)11-8-12-6-9-13(10-7-12)17(18,19)20/h2-11H,1H3,(H,21,22)/b11-8+. The van der Waals surface area contributed by atoms with Crippen LogP contribution in [0.4, 0.5) is 18.9 Å². The van der Waals surface area contributed by atoms with E-state index in [1.54, 1.807) is 24.3 Å². The van der Waals surface area contributed by atoms with Crippen molar-refractivity contribution in [3.63, 3.8) is 0 Å². The van der Waals surface area contributed by atoms with Gasteiger partial charge in [-0.2, -0.15) is 13.2 Å². The van der Waals surface area contributed by atoms with Crippen LogP contribution in [-0.2, 0) is 11.0 Å². The Bertz CT molecular complexity index is 707. The topological polar surface area (TPSA) is 38.3 Å². The molecule has 0 atom stereocenters. The summed E-state index contributed by atoms with van der Waals surface area (Å²) in [7, 11) is 1.49. The SMILES string of the molecule is COc1ccccc1NC(=O)/C=C/c1ccc(C(F)(F)F)cc1. The Morgan fingerprint density at radius 2 is 1.74 bits per heavy atom. The molecule has 0 spiro atoms. The third-order valence-electron chi connectivity index (χ3n) is 3.03. The monoisotopic (exact) mass is 321 g/mol. The summed E-state index contributed by atoms with van der Waals surface area (Å²) >= 11 is 0. The molecule has 0 saturated carbocycles. The van der Waals surface area contributed by atoms with Gasteiger partial charge in [0, 0.05) is 6.08 Å². The van der Waals surface area contributed by atoms with E-state index in [2.05, 4.69) is 5.32 Å². The molecular weight excluding hydrogens is 307 g/mol. The lowest BCUT2D eigenvalue weighted by Crippen LogP contribution is -2.08. The van der Waals surface area contributed by atoms with E-state index >= 15 is 0 Å². The van der Waals surface area contributed by atoms with E-state index < -0.39 is 17.6 Å². The molecule has 3 nitrogen and oxygen atoms in total. The Morgan fingerprint density at radius 1 is 1.09 bits per heavy atom. The van der Waals surface area contributed by atoms with Gasteiger partial charge in [0.15, 0.2) is 0 Å². The van der Waals surface area contributed by atoms with E-state index in [1.165, 1.54) is 31.4 Å². The maximum absolute atomic E-state index is 12.5. The van der Waals surface area contributed by atoms with Gasteiger partial charge < -0.3 is 10.1 Å². The van der Waals surface area contributed by atoms with E-state index in [1.807, 2.05) is 0 Å². The molecule has 0 aliphatic heterocycles. The lowest BCUT2D eigenvalue weighted by atomic mass is 10.1. The summed E-state index contributed by atoms with van der Waals surface area (Å²) in [5.41, 5.74) is 0.276. The molecule has 1 amide bonds. The lowest BCUT2D eigenvalue weighted by Gasteiger charge is -2.08. The smallest absolute Gasteiger partial charge is 0.416 e. The van der Waals surface area contributed by atoms with Crippen LogP contribution in [0, 0.1) is 0 Å². The minimum atomic E-state index is -4.37. The van der Waals surface area contributed by atoms with Crippen molar-refractivity contribution in [2.75, 3.05) is 12.4 Å². The molecule has 0 heterocycles. The number of alkyl halides is 3. The van der Waals surface area contributed by atoms with E-state index in [0.717, 1.165) is 12.1 Å². The minimum absolute atomic E-state index is 0.408. The zero-order valence-corrected chi connectivity index (χ0v) is 12.2. The molecule has 0 aliphatic rings. The largest absolute Gasteiger partial charge is 0.495 e. The van der Waals surface area contributed by atoms with Crippen molar-refractivity contribution < 1.29 is 22.7 Å². The number of carbonyl (C=O) groups excluding carboxylic acids is 1. The molecule has 0 fully saturated rings. The quantitative estimate of drug-likeness (QED) is 0.850. The minimum Gasteiger partial charge on any atom is -0.495 e. The Hall–Kier alpha value is -2.76. The zero-order valence-electron chi connectivity index (χ0n) is 12.2. The molecule has 2 rings (SSSR count). The highest BCUT2D eigenvalue weighted by molar-refractivity contribution is 6.02. The molecule has 2 aromatic carbocycles. The highest BCUT2D eigenvalue weighted by atomic mass is 19.4. The summed E-state index contributed by atoms with van der Waals surface area (Å²) in [4.78, 5) is 11.8. The molecule has 23 heavy (non-hydrogen) atoms. The van der Waals surface area contributed by atoms with Gasteiger partial charge in [0.05, 0.1) is 18.4 Å². The molecule has 6 heteroatoms. The van der Waals surface area contributed by atoms with Gasteiger partial charge in [0.2, 0.25) is 5.91 Å². The zero-order chi connectivity index (χ0) is 16.9. The van der Waals surface area contributed by atoms with Gasteiger partial charge in [-0.05, 0) is 35.9 Å². The second kappa shape index (κ2) is 7.00. The molecule has 1 N–H and O–H groups in total. The summed E-state index contributed by atoms with van der Waals surface area (Å²) in [6.07, 6.45) is -1.69. The van der Waals surface area contributed by atoms with E-state index in [4.69, 9.17) is 4.74 Å². The molecular formula is C17H14F3NO2. The molecule has 2 aromatic rings. The summed E-state index contributed by atoms with van der Waals surface area (Å²) in [6.45, 7) is 0. The second-order valence-corrected chi connectivity index (χ2v) is 4.64. The van der Waals surface area contributed by atoms with Gasteiger partial charge in [-0.25, -0.2) is 0 Å². The fourth-order valence-electron chi connectivity index (χ4n) is 1.88. The van der Waals surface area contributed by atoms with Crippen LogP contribution in [0.25, 0.3) is 6.08 Å². The Kier molecular flexibility index (Phi) is 5.05. The first-order valence-electron chi connectivity index (χ1n) is 6.69. The maximum atomic E-state index is 12.5. The van der Waals surface area contributed by atoms with Gasteiger partial charge in [-0.15, -0.1) is 0 Å². The summed E-state index contributed by atoms with van der Waals surface area (Å²) in [5, 5.41) is 2.64. The fraction of sp³-hybridized carbons (Fsp3) is 0.118. The predicted octanol–water partition coefficient (Wildman–Crippen LogP) is 4.37. The van der Waals surface area contributed by atoms with Crippen LogP contribution in [0.3, 0.4) is 0 Å². The summed E-state index contributed by atoms with van der Waals surface area (Å²) in [5.74, 6) is 0.109. The fourth-order valence-corrected chi connectivity index (χ4v) is 1.88. The number of methoxy groups -OCH3 is 1. The van der Waals surface area contributed by atoms with Crippen LogP contribution in [0.1, 0.15) is 11.1 Å². The molecule has 0 aliphatic carbocycles. The highest BCUT2D eigenvalue weighted by Gasteiger charge is 2.29. The Morgan fingerprint density at radius 3 is 2.35 bits per heavy atom. The third-order valence-corrected chi connectivity index (χ3v) is 3.03. The average molecular weight is 321 g/mol. The average Bonchev–Trinajstić information content (AvgIpc) is 2.53.